The number of nitrogens with zero attached hydrogens (tertiary/aromatic N) is 1. The zero-order valence-electron chi connectivity index (χ0n) is 13.0. The van der Waals surface area contributed by atoms with Crippen LogP contribution in [-0.2, 0) is 0 Å². The molecule has 120 valence electrons. The first-order valence-electron chi connectivity index (χ1n) is 8.01. The fourth-order valence-electron chi connectivity index (χ4n) is 3.19. The lowest BCUT2D eigenvalue weighted by Crippen LogP contribution is -2.34. The highest BCUT2D eigenvalue weighted by molar-refractivity contribution is 6.04. The number of nitriles is 1. The van der Waals surface area contributed by atoms with Gasteiger partial charge in [0.1, 0.15) is 0 Å². The molecule has 2 aliphatic rings. The molecule has 2 aromatic rings. The summed E-state index contributed by atoms with van der Waals surface area (Å²) in [6.45, 7) is 0. The van der Waals surface area contributed by atoms with E-state index >= 15 is 0 Å². The summed E-state index contributed by atoms with van der Waals surface area (Å²) in [7, 11) is 0. The van der Waals surface area contributed by atoms with Gasteiger partial charge in [-0.2, -0.15) is 5.26 Å². The van der Waals surface area contributed by atoms with Crippen LogP contribution >= 0.6 is 0 Å². The van der Waals surface area contributed by atoms with Gasteiger partial charge in [-0.05, 0) is 49.2 Å². The van der Waals surface area contributed by atoms with Crippen molar-refractivity contribution in [1.29, 1.82) is 5.26 Å². The molecular formula is C19H16N2O3. The van der Waals surface area contributed by atoms with E-state index in [1.165, 1.54) is 0 Å². The van der Waals surface area contributed by atoms with Crippen LogP contribution in [0.3, 0.4) is 0 Å². The first kappa shape index (κ1) is 14.6. The van der Waals surface area contributed by atoms with Gasteiger partial charge in [0.15, 0.2) is 11.5 Å². The van der Waals surface area contributed by atoms with E-state index in [-0.39, 0.29) is 5.91 Å². The van der Waals surface area contributed by atoms with E-state index in [0.717, 1.165) is 31.4 Å². The van der Waals surface area contributed by atoms with E-state index in [1.54, 1.807) is 36.4 Å². The molecule has 0 aromatic heterocycles. The van der Waals surface area contributed by atoms with Crippen molar-refractivity contribution in [2.75, 3.05) is 5.32 Å². The number of amides is 1. The number of anilines is 1. The Balaban J connectivity index is 1.50. The Morgan fingerprint density at radius 1 is 1.04 bits per heavy atom. The summed E-state index contributed by atoms with van der Waals surface area (Å²) < 4.78 is 12.0. The van der Waals surface area contributed by atoms with E-state index < -0.39 is 5.79 Å². The second-order valence-corrected chi connectivity index (χ2v) is 6.13. The Morgan fingerprint density at radius 2 is 1.75 bits per heavy atom. The predicted molar refractivity (Wildman–Crippen MR) is 88.0 cm³/mol. The third-order valence-electron chi connectivity index (χ3n) is 4.44. The molecule has 1 fully saturated rings. The van der Waals surface area contributed by atoms with E-state index in [0.29, 0.717) is 22.6 Å². The van der Waals surface area contributed by atoms with Crippen LogP contribution in [0.5, 0.6) is 11.5 Å². The molecule has 0 radical (unpaired) electrons. The van der Waals surface area contributed by atoms with Crippen molar-refractivity contribution >= 4 is 11.6 Å². The maximum Gasteiger partial charge on any atom is 0.255 e. The monoisotopic (exact) mass is 320 g/mol. The van der Waals surface area contributed by atoms with Crippen molar-refractivity contribution in [2.45, 2.75) is 31.5 Å². The van der Waals surface area contributed by atoms with Gasteiger partial charge in [-0.3, -0.25) is 4.79 Å². The summed E-state index contributed by atoms with van der Waals surface area (Å²) >= 11 is 0. The van der Waals surface area contributed by atoms with Gasteiger partial charge in [0, 0.05) is 30.2 Å². The van der Waals surface area contributed by atoms with E-state index in [1.807, 2.05) is 12.1 Å². The largest absolute Gasteiger partial charge is 0.448 e. The molecule has 1 spiro atoms. The Bertz CT molecular complexity index is 831. The molecule has 1 amide bonds. The summed E-state index contributed by atoms with van der Waals surface area (Å²) in [5, 5.41) is 11.6. The molecule has 5 nitrogen and oxygen atoms in total. The minimum atomic E-state index is -0.502. The summed E-state index contributed by atoms with van der Waals surface area (Å²) in [6.07, 6.45) is 4.01. The fourth-order valence-corrected chi connectivity index (χ4v) is 3.19. The zero-order chi connectivity index (χ0) is 16.6. The highest BCUT2D eigenvalue weighted by Gasteiger charge is 2.44. The molecule has 5 heteroatoms. The van der Waals surface area contributed by atoms with Crippen LogP contribution in [0.1, 0.15) is 41.6 Å². The molecule has 2 aromatic carbocycles. The minimum absolute atomic E-state index is 0.228. The minimum Gasteiger partial charge on any atom is -0.448 e. The number of hydrogen-bond donors (Lipinski definition) is 1. The van der Waals surface area contributed by atoms with Crippen LogP contribution in [0, 0.1) is 11.3 Å². The van der Waals surface area contributed by atoms with Crippen LogP contribution in [0.25, 0.3) is 0 Å². The number of rotatable bonds is 2. The van der Waals surface area contributed by atoms with Gasteiger partial charge in [-0.25, -0.2) is 0 Å². The maximum absolute atomic E-state index is 12.3. The molecule has 1 N–H and O–H groups in total. The Labute approximate surface area is 139 Å². The molecule has 0 unspecified atom stereocenters. The van der Waals surface area contributed by atoms with Gasteiger partial charge in [0.05, 0.1) is 11.6 Å². The van der Waals surface area contributed by atoms with Crippen LogP contribution in [-0.4, -0.2) is 11.7 Å². The molecule has 0 atom stereocenters. The fraction of sp³-hybridized carbons (Fsp3) is 0.263. The van der Waals surface area contributed by atoms with E-state index in [9.17, 15) is 4.79 Å². The number of carbonyl (C=O) groups excluding carboxylic acids is 1. The van der Waals surface area contributed by atoms with Gasteiger partial charge in [-0.1, -0.05) is 0 Å². The van der Waals surface area contributed by atoms with Gasteiger partial charge in [0.25, 0.3) is 11.7 Å². The summed E-state index contributed by atoms with van der Waals surface area (Å²) in [4.78, 5) is 12.3. The topological polar surface area (TPSA) is 71.4 Å². The molecule has 1 saturated carbocycles. The van der Waals surface area contributed by atoms with Gasteiger partial charge in [0.2, 0.25) is 0 Å². The second-order valence-electron chi connectivity index (χ2n) is 6.13. The highest BCUT2D eigenvalue weighted by Crippen LogP contribution is 2.47. The first-order chi connectivity index (χ1) is 11.7. The number of carbonyl (C=O) groups is 1. The van der Waals surface area contributed by atoms with Crippen molar-refractivity contribution in [3.63, 3.8) is 0 Å². The molecule has 1 heterocycles. The van der Waals surface area contributed by atoms with Crippen LogP contribution in [0.4, 0.5) is 5.69 Å². The molecular weight excluding hydrogens is 304 g/mol. The van der Waals surface area contributed by atoms with Crippen LogP contribution in [0.15, 0.2) is 42.5 Å². The Kier molecular flexibility index (Phi) is 3.39. The number of ether oxygens (including phenoxy) is 2. The van der Waals surface area contributed by atoms with Gasteiger partial charge < -0.3 is 14.8 Å². The van der Waals surface area contributed by atoms with Crippen molar-refractivity contribution in [1.82, 2.24) is 0 Å². The lowest BCUT2D eigenvalue weighted by Gasteiger charge is -2.21. The average molecular weight is 320 g/mol. The lowest BCUT2D eigenvalue weighted by atomic mass is 10.1. The predicted octanol–water partition coefficient (Wildman–Crippen LogP) is 3.85. The number of nitrogens with one attached hydrogen (secondary N) is 1. The Morgan fingerprint density at radius 3 is 2.46 bits per heavy atom. The molecule has 1 aliphatic carbocycles. The van der Waals surface area contributed by atoms with Crippen molar-refractivity contribution in [3.05, 3.63) is 53.6 Å². The van der Waals surface area contributed by atoms with Crippen LogP contribution in [0.2, 0.25) is 0 Å². The number of hydrogen-bond acceptors (Lipinski definition) is 4. The third kappa shape index (κ3) is 2.56. The second kappa shape index (κ2) is 5.57. The van der Waals surface area contributed by atoms with Gasteiger partial charge in [-0.15, -0.1) is 0 Å². The number of fused-ring (bicyclic) bond motifs is 1. The molecule has 1 aliphatic heterocycles. The summed E-state index contributed by atoms with van der Waals surface area (Å²) in [6, 6.07) is 14.0. The molecule has 4 rings (SSSR count). The standard InChI is InChI=1S/C19H16N2O3/c20-12-13-3-5-14(6-4-13)18(22)21-15-7-8-16-17(11-15)24-19(23-16)9-1-2-10-19/h3-8,11H,1-2,9-10H2,(H,21,22). The third-order valence-corrected chi connectivity index (χ3v) is 4.44. The lowest BCUT2D eigenvalue weighted by molar-refractivity contribution is -0.0716. The quantitative estimate of drug-likeness (QED) is 0.912. The average Bonchev–Trinajstić information content (AvgIpc) is 3.20. The van der Waals surface area contributed by atoms with Crippen LogP contribution < -0.4 is 14.8 Å². The number of benzene rings is 2. The van der Waals surface area contributed by atoms with Crippen molar-refractivity contribution < 1.29 is 14.3 Å². The molecule has 0 saturated heterocycles. The van der Waals surface area contributed by atoms with Crippen molar-refractivity contribution in [2.24, 2.45) is 0 Å². The molecule has 0 bridgehead atoms. The van der Waals surface area contributed by atoms with E-state index in [2.05, 4.69) is 5.32 Å². The summed E-state index contributed by atoms with van der Waals surface area (Å²) in [5.41, 5.74) is 1.68. The maximum atomic E-state index is 12.3. The SMILES string of the molecule is N#Cc1ccc(C(=O)Nc2ccc3c(c2)OC2(CCCC2)O3)cc1. The Hall–Kier alpha value is -3.00. The zero-order valence-corrected chi connectivity index (χ0v) is 13.0. The smallest absolute Gasteiger partial charge is 0.255 e. The molecule has 24 heavy (non-hydrogen) atoms. The normalized spacial score (nSPS) is 16.8. The first-order valence-corrected chi connectivity index (χ1v) is 8.01. The van der Waals surface area contributed by atoms with E-state index in [4.69, 9.17) is 14.7 Å². The highest BCUT2D eigenvalue weighted by atomic mass is 16.7. The summed E-state index contributed by atoms with van der Waals surface area (Å²) in [5.74, 6) is 0.676. The van der Waals surface area contributed by atoms with Crippen molar-refractivity contribution in [3.8, 4) is 17.6 Å². The van der Waals surface area contributed by atoms with Gasteiger partial charge >= 0.3 is 0 Å².